The van der Waals surface area contributed by atoms with Crippen molar-refractivity contribution < 1.29 is 14.0 Å². The molecule has 0 saturated heterocycles. The number of Topliss-reactive ketones (excluding diaryl/α,β-unsaturated/α-hetero) is 1. The highest BCUT2D eigenvalue weighted by molar-refractivity contribution is 6.22. The van der Waals surface area contributed by atoms with Crippen LogP contribution in [-0.2, 0) is 21.5 Å². The first-order chi connectivity index (χ1) is 20.8. The van der Waals surface area contributed by atoms with Crippen LogP contribution in [0.5, 0.6) is 0 Å². The van der Waals surface area contributed by atoms with Crippen molar-refractivity contribution in [3.8, 4) is 6.07 Å². The maximum absolute atomic E-state index is 15.2. The summed E-state index contributed by atoms with van der Waals surface area (Å²) in [5.74, 6) is -0.335. The Morgan fingerprint density at radius 1 is 0.860 bits per heavy atom. The number of carbonyl (C=O) groups is 2. The zero-order valence-electron chi connectivity index (χ0n) is 23.9. The van der Waals surface area contributed by atoms with E-state index < -0.39 is 5.41 Å². The van der Waals surface area contributed by atoms with Gasteiger partial charge in [-0.15, -0.1) is 0 Å². The van der Waals surface area contributed by atoms with Crippen LogP contribution in [0.3, 0.4) is 0 Å². The van der Waals surface area contributed by atoms with E-state index in [0.29, 0.717) is 29.1 Å². The number of aromatic nitrogens is 1. The molecule has 3 heterocycles. The van der Waals surface area contributed by atoms with E-state index in [2.05, 4.69) is 19.9 Å². The molecule has 0 saturated carbocycles. The lowest BCUT2D eigenvalue weighted by Crippen LogP contribution is -2.52. The fourth-order valence-corrected chi connectivity index (χ4v) is 7.01. The molecule has 0 N–H and O–H groups in total. The summed E-state index contributed by atoms with van der Waals surface area (Å²) in [7, 11) is 0. The van der Waals surface area contributed by atoms with E-state index in [9.17, 15) is 14.4 Å². The maximum atomic E-state index is 15.2. The Bertz CT molecular complexity index is 1880. The van der Waals surface area contributed by atoms with E-state index in [0.717, 1.165) is 16.9 Å². The number of ketones is 1. The smallest absolute Gasteiger partial charge is 0.248 e. The molecular formula is C36H29FN4O2. The number of rotatable bonds is 4. The second-order valence-corrected chi connectivity index (χ2v) is 12.1. The zero-order valence-corrected chi connectivity index (χ0v) is 23.9. The van der Waals surface area contributed by atoms with Crippen molar-refractivity contribution in [2.45, 2.75) is 38.6 Å². The maximum Gasteiger partial charge on any atom is 0.248 e. The molecule has 212 valence electrons. The topological polar surface area (TPSA) is 69.3 Å². The quantitative estimate of drug-likeness (QED) is 0.267. The largest absolute Gasteiger partial charge is 0.309 e. The normalized spacial score (nSPS) is 20.9. The van der Waals surface area contributed by atoms with Crippen LogP contribution in [0.15, 0.2) is 120 Å². The first kappa shape index (κ1) is 26.7. The minimum Gasteiger partial charge on any atom is -0.309 e. The number of nitrogens with zero attached hydrogens (tertiary/aromatic N) is 4. The molecule has 0 fully saturated rings. The van der Waals surface area contributed by atoms with Gasteiger partial charge in [-0.1, -0.05) is 62.4 Å². The molecule has 7 heteroatoms. The first-order valence-corrected chi connectivity index (χ1v) is 14.3. The number of nitriles is 1. The number of benzene rings is 3. The summed E-state index contributed by atoms with van der Waals surface area (Å²) in [5, 5.41) is 11.1. The fraction of sp³-hybridized carbons (Fsp3) is 0.194. The van der Waals surface area contributed by atoms with Crippen LogP contribution in [0.25, 0.3) is 5.82 Å². The van der Waals surface area contributed by atoms with E-state index >= 15 is 4.79 Å². The predicted octanol–water partition coefficient (Wildman–Crippen LogP) is 6.97. The molecule has 0 unspecified atom stereocenters. The Morgan fingerprint density at radius 3 is 2.23 bits per heavy atom. The van der Waals surface area contributed by atoms with Crippen molar-refractivity contribution >= 4 is 28.9 Å². The highest BCUT2D eigenvalue weighted by atomic mass is 19.1. The summed E-state index contributed by atoms with van der Waals surface area (Å²) in [5.41, 5.74) is 2.05. The van der Waals surface area contributed by atoms with Gasteiger partial charge < -0.3 is 9.47 Å². The highest BCUT2D eigenvalue weighted by Gasteiger charge is 2.63. The minimum absolute atomic E-state index is 0.140. The molecule has 7 rings (SSSR count). The van der Waals surface area contributed by atoms with Gasteiger partial charge in [0, 0.05) is 47.0 Å². The fourth-order valence-electron chi connectivity index (χ4n) is 7.01. The third-order valence-electron chi connectivity index (χ3n) is 8.70. The van der Waals surface area contributed by atoms with Crippen LogP contribution < -0.4 is 9.80 Å². The van der Waals surface area contributed by atoms with Gasteiger partial charge in [0.05, 0.1) is 12.1 Å². The van der Waals surface area contributed by atoms with Crippen molar-refractivity contribution in [3.63, 3.8) is 0 Å². The number of fused-ring (bicyclic) bond motifs is 3. The number of halogens is 1. The molecule has 1 spiro atoms. The SMILES string of the molecule is CC1(C)CC(=O)C2=C(C1)N(c1ccccc1)C(n1cccc1)=C(C#N)[C@]21C(=O)N(Cc2ccc(F)cc2)c2ccccc21. The molecule has 2 aliphatic heterocycles. The van der Waals surface area contributed by atoms with Crippen molar-refractivity contribution in [3.05, 3.63) is 137 Å². The number of amides is 1. The highest BCUT2D eigenvalue weighted by Crippen LogP contribution is 2.59. The van der Waals surface area contributed by atoms with Crippen molar-refractivity contribution in [1.29, 1.82) is 5.26 Å². The Balaban J connectivity index is 1.58. The van der Waals surface area contributed by atoms with Crippen molar-refractivity contribution in [2.75, 3.05) is 9.80 Å². The minimum atomic E-state index is -1.64. The molecule has 1 aliphatic carbocycles. The van der Waals surface area contributed by atoms with Gasteiger partial charge in [-0.2, -0.15) is 5.26 Å². The zero-order chi connectivity index (χ0) is 29.9. The number of anilines is 2. The summed E-state index contributed by atoms with van der Waals surface area (Å²) >= 11 is 0. The molecule has 1 aromatic heterocycles. The Labute approximate surface area is 249 Å². The Hall–Kier alpha value is -5.22. The van der Waals surface area contributed by atoms with E-state index in [1.54, 1.807) is 17.0 Å². The average Bonchev–Trinajstić information content (AvgIpc) is 3.61. The van der Waals surface area contributed by atoms with E-state index in [4.69, 9.17) is 0 Å². The lowest BCUT2D eigenvalue weighted by molar-refractivity contribution is -0.125. The van der Waals surface area contributed by atoms with Gasteiger partial charge in [0.1, 0.15) is 23.1 Å². The summed E-state index contributed by atoms with van der Waals surface area (Å²) in [6.07, 6.45) is 4.50. The second kappa shape index (κ2) is 9.67. The molecule has 1 amide bonds. The lowest BCUT2D eigenvalue weighted by atomic mass is 9.60. The molecule has 1 atom stereocenters. The Morgan fingerprint density at radius 2 is 1.53 bits per heavy atom. The third-order valence-corrected chi connectivity index (χ3v) is 8.70. The van der Waals surface area contributed by atoms with Crippen LogP contribution in [0.1, 0.15) is 37.8 Å². The molecule has 6 nitrogen and oxygen atoms in total. The van der Waals surface area contributed by atoms with Crippen LogP contribution in [0.4, 0.5) is 15.8 Å². The van der Waals surface area contributed by atoms with E-state index in [1.165, 1.54) is 12.1 Å². The second-order valence-electron chi connectivity index (χ2n) is 12.1. The third kappa shape index (κ3) is 3.90. The van der Waals surface area contributed by atoms with Gasteiger partial charge in [0.2, 0.25) is 5.91 Å². The standard InChI is InChI=1S/C36H29FN4O2/c1-35(2)20-30-32(31(42)21-35)36(28(22-38)33(39-18-8-9-19-39)41(30)26-10-4-3-5-11-26)27-12-6-7-13-29(27)40(34(36)43)23-24-14-16-25(37)17-15-24/h3-19H,20-21,23H2,1-2H3/t36-/m0/s1. The first-order valence-electron chi connectivity index (χ1n) is 14.3. The summed E-state index contributed by atoms with van der Waals surface area (Å²) in [4.78, 5) is 33.2. The van der Waals surface area contributed by atoms with Gasteiger partial charge in [-0.3, -0.25) is 14.5 Å². The van der Waals surface area contributed by atoms with E-state index in [1.807, 2.05) is 88.6 Å². The van der Waals surface area contributed by atoms with E-state index in [-0.39, 0.29) is 41.5 Å². The molecule has 43 heavy (non-hydrogen) atoms. The number of hydrogen-bond acceptors (Lipinski definition) is 4. The number of para-hydroxylation sites is 2. The van der Waals surface area contributed by atoms with Crippen LogP contribution in [-0.4, -0.2) is 16.3 Å². The molecule has 3 aliphatic rings. The molecule has 0 radical (unpaired) electrons. The molecule has 4 aromatic rings. The van der Waals surface area contributed by atoms with Gasteiger partial charge >= 0.3 is 0 Å². The van der Waals surface area contributed by atoms with Crippen LogP contribution in [0, 0.1) is 22.6 Å². The lowest BCUT2D eigenvalue weighted by Gasteiger charge is -2.48. The van der Waals surface area contributed by atoms with Crippen molar-refractivity contribution in [2.24, 2.45) is 5.41 Å². The number of hydrogen-bond donors (Lipinski definition) is 0. The molecule has 3 aromatic carbocycles. The average molecular weight is 569 g/mol. The van der Waals surface area contributed by atoms with Gasteiger partial charge in [-0.25, -0.2) is 4.39 Å². The van der Waals surface area contributed by atoms with Crippen LogP contribution in [0.2, 0.25) is 0 Å². The predicted molar refractivity (Wildman–Crippen MR) is 163 cm³/mol. The monoisotopic (exact) mass is 568 g/mol. The van der Waals surface area contributed by atoms with Gasteiger partial charge in [0.25, 0.3) is 0 Å². The summed E-state index contributed by atoms with van der Waals surface area (Å²) in [6, 6.07) is 29.4. The number of allylic oxidation sites excluding steroid dienone is 1. The Kier molecular flexibility index (Phi) is 6.00. The van der Waals surface area contributed by atoms with Gasteiger partial charge in [-0.05, 0) is 59.9 Å². The summed E-state index contributed by atoms with van der Waals surface area (Å²) < 4.78 is 15.6. The summed E-state index contributed by atoms with van der Waals surface area (Å²) in [6.45, 7) is 4.30. The molecular weight excluding hydrogens is 539 g/mol. The van der Waals surface area contributed by atoms with Crippen LogP contribution >= 0.6 is 0 Å². The molecule has 0 bridgehead atoms. The number of carbonyl (C=O) groups excluding carboxylic acids is 2. The van der Waals surface area contributed by atoms with Gasteiger partial charge in [0.15, 0.2) is 5.78 Å². The van der Waals surface area contributed by atoms with Crippen molar-refractivity contribution in [1.82, 2.24) is 4.57 Å².